The number of allylic oxidation sites excluding steroid dienone is 2. The maximum atomic E-state index is 12.8. The van der Waals surface area contributed by atoms with E-state index in [9.17, 15) is 25.2 Å². The Labute approximate surface area is 138 Å². The first-order valence-electron chi connectivity index (χ1n) is 7.35. The molecule has 0 amide bonds. The van der Waals surface area contributed by atoms with Crippen molar-refractivity contribution in [3.8, 4) is 0 Å². The fraction of sp³-hybridized carbons (Fsp3) is 0.105. The van der Waals surface area contributed by atoms with E-state index >= 15 is 0 Å². The number of aliphatic hydroxyl groups is 4. The monoisotopic (exact) mass is 324 g/mol. The molecule has 0 radical (unpaired) electrons. The van der Waals surface area contributed by atoms with E-state index in [4.69, 9.17) is 0 Å². The minimum Gasteiger partial charge on any atom is -0.508 e. The summed E-state index contributed by atoms with van der Waals surface area (Å²) < 4.78 is 0. The number of carbonyl (C=O) groups excluding carboxylic acids is 1. The average Bonchev–Trinajstić information content (AvgIpc) is 2.59. The van der Waals surface area contributed by atoms with Crippen LogP contribution in [0.2, 0.25) is 0 Å². The van der Waals surface area contributed by atoms with E-state index < -0.39 is 17.5 Å². The highest BCUT2D eigenvalue weighted by Crippen LogP contribution is 2.35. The first-order valence-corrected chi connectivity index (χ1v) is 7.35. The number of hydrogen-bond acceptors (Lipinski definition) is 5. The maximum absolute atomic E-state index is 12.8. The molecule has 0 spiro atoms. The molecule has 5 nitrogen and oxygen atoms in total. The second-order valence-electron chi connectivity index (χ2n) is 5.61. The van der Waals surface area contributed by atoms with E-state index in [0.717, 1.165) is 0 Å². The van der Waals surface area contributed by atoms with E-state index in [1.165, 1.54) is 36.5 Å². The van der Waals surface area contributed by atoms with Gasteiger partial charge in [-0.3, -0.25) is 4.79 Å². The van der Waals surface area contributed by atoms with Gasteiger partial charge in [0.15, 0.2) is 5.60 Å². The molecule has 2 aliphatic rings. The predicted octanol–water partition coefficient (Wildman–Crippen LogP) is 2.28. The molecule has 4 N–H and O–H groups in total. The quantitative estimate of drug-likeness (QED) is 0.626. The molecule has 1 aromatic carbocycles. The van der Waals surface area contributed by atoms with Crippen LogP contribution in [0.4, 0.5) is 0 Å². The normalized spacial score (nSPS) is 29.2. The Morgan fingerprint density at radius 1 is 1.00 bits per heavy atom. The van der Waals surface area contributed by atoms with Crippen molar-refractivity contribution in [2.45, 2.75) is 11.7 Å². The molecule has 0 fully saturated rings. The van der Waals surface area contributed by atoms with Crippen LogP contribution in [0.3, 0.4) is 0 Å². The Morgan fingerprint density at radius 3 is 2.38 bits per heavy atom. The zero-order valence-corrected chi connectivity index (χ0v) is 12.6. The summed E-state index contributed by atoms with van der Waals surface area (Å²) in [6, 6.07) is 8.23. The zero-order valence-electron chi connectivity index (χ0n) is 12.6. The van der Waals surface area contributed by atoms with Crippen molar-refractivity contribution in [3.05, 3.63) is 95.0 Å². The fourth-order valence-corrected chi connectivity index (χ4v) is 2.74. The first kappa shape index (κ1) is 16.0. The number of ketones is 1. The van der Waals surface area contributed by atoms with Crippen molar-refractivity contribution >= 4 is 5.78 Å². The molecule has 0 aliphatic heterocycles. The van der Waals surface area contributed by atoms with Crippen LogP contribution in [0.15, 0.2) is 89.5 Å². The van der Waals surface area contributed by atoms with Crippen LogP contribution < -0.4 is 0 Å². The summed E-state index contributed by atoms with van der Waals surface area (Å²) in [7, 11) is 0. The number of hydrogen-bond donors (Lipinski definition) is 4. The number of carbonyl (C=O) groups is 1. The lowest BCUT2D eigenvalue weighted by atomic mass is 9.78. The summed E-state index contributed by atoms with van der Waals surface area (Å²) in [6.45, 7) is 0. The summed E-state index contributed by atoms with van der Waals surface area (Å²) in [5, 5.41) is 40.6. The SMILES string of the molecule is O=C(c1ccccc1)C1(O)C=CC(O)=CC1=C1C=C(O)C=CC1O. The second-order valence-corrected chi connectivity index (χ2v) is 5.61. The molecule has 122 valence electrons. The lowest BCUT2D eigenvalue weighted by molar-refractivity contribution is 0.0640. The summed E-state index contributed by atoms with van der Waals surface area (Å²) in [5.74, 6) is -0.891. The van der Waals surface area contributed by atoms with Crippen LogP contribution in [0.5, 0.6) is 0 Å². The third-order valence-electron chi connectivity index (χ3n) is 3.96. The van der Waals surface area contributed by atoms with Crippen molar-refractivity contribution in [2.24, 2.45) is 0 Å². The minimum absolute atomic E-state index is 0.0137. The van der Waals surface area contributed by atoms with Gasteiger partial charge in [-0.15, -0.1) is 0 Å². The summed E-state index contributed by atoms with van der Waals surface area (Å²) >= 11 is 0. The van der Waals surface area contributed by atoms with E-state index in [1.54, 1.807) is 30.3 Å². The van der Waals surface area contributed by atoms with E-state index in [1.807, 2.05) is 0 Å². The van der Waals surface area contributed by atoms with Gasteiger partial charge < -0.3 is 20.4 Å². The van der Waals surface area contributed by atoms with Crippen LogP contribution in [-0.2, 0) is 0 Å². The third kappa shape index (κ3) is 2.71. The highest BCUT2D eigenvalue weighted by Gasteiger charge is 2.41. The van der Waals surface area contributed by atoms with Crippen LogP contribution in [0, 0.1) is 0 Å². The van der Waals surface area contributed by atoms with Gasteiger partial charge in [0.1, 0.15) is 11.5 Å². The number of Topliss-reactive ketones (excluding diaryl/α,β-unsaturated/α-hetero) is 1. The lowest BCUT2D eigenvalue weighted by Gasteiger charge is -2.30. The third-order valence-corrected chi connectivity index (χ3v) is 3.96. The molecule has 1 aromatic rings. The van der Waals surface area contributed by atoms with Crippen LogP contribution in [0.25, 0.3) is 0 Å². The van der Waals surface area contributed by atoms with Gasteiger partial charge in [0.2, 0.25) is 5.78 Å². The van der Waals surface area contributed by atoms with Crippen molar-refractivity contribution in [3.63, 3.8) is 0 Å². The van der Waals surface area contributed by atoms with Gasteiger partial charge in [-0.2, -0.15) is 0 Å². The van der Waals surface area contributed by atoms with Crippen LogP contribution >= 0.6 is 0 Å². The number of aliphatic hydroxyl groups excluding tert-OH is 3. The molecule has 2 unspecified atom stereocenters. The van der Waals surface area contributed by atoms with Crippen molar-refractivity contribution in [2.75, 3.05) is 0 Å². The van der Waals surface area contributed by atoms with E-state index in [-0.39, 0.29) is 28.2 Å². The zero-order chi connectivity index (χ0) is 17.3. The van der Waals surface area contributed by atoms with Crippen molar-refractivity contribution < 1.29 is 25.2 Å². The Morgan fingerprint density at radius 2 is 1.67 bits per heavy atom. The van der Waals surface area contributed by atoms with Gasteiger partial charge in [0, 0.05) is 11.1 Å². The molecule has 0 aromatic heterocycles. The number of benzene rings is 1. The van der Waals surface area contributed by atoms with Gasteiger partial charge in [0.25, 0.3) is 0 Å². The lowest BCUT2D eigenvalue weighted by Crippen LogP contribution is -2.41. The highest BCUT2D eigenvalue weighted by atomic mass is 16.3. The molecule has 0 heterocycles. The fourth-order valence-electron chi connectivity index (χ4n) is 2.74. The van der Waals surface area contributed by atoms with Crippen LogP contribution in [0.1, 0.15) is 10.4 Å². The molecule has 24 heavy (non-hydrogen) atoms. The van der Waals surface area contributed by atoms with Gasteiger partial charge in [-0.05, 0) is 42.0 Å². The largest absolute Gasteiger partial charge is 0.508 e. The van der Waals surface area contributed by atoms with Gasteiger partial charge in [0.05, 0.1) is 6.10 Å². The molecule has 0 saturated carbocycles. The second kappa shape index (κ2) is 5.96. The standard InChI is InChI=1S/C19H16O5/c20-13-6-7-17(22)15(10-13)16-11-14(21)8-9-19(16,24)18(23)12-4-2-1-3-5-12/h1-11,17,20-22,24H. The molecular formula is C19H16O5. The first-order chi connectivity index (χ1) is 11.4. The molecule has 3 rings (SSSR count). The molecule has 0 bridgehead atoms. The van der Waals surface area contributed by atoms with Gasteiger partial charge in [-0.25, -0.2) is 0 Å². The Hall–Kier alpha value is -2.89. The number of rotatable bonds is 2. The Bertz CT molecular complexity index is 827. The molecule has 5 heteroatoms. The van der Waals surface area contributed by atoms with E-state index in [0.29, 0.717) is 0 Å². The maximum Gasteiger partial charge on any atom is 0.202 e. The molecular weight excluding hydrogens is 308 g/mol. The average molecular weight is 324 g/mol. The Balaban J connectivity index is 2.17. The topological polar surface area (TPSA) is 98.0 Å². The molecule has 2 atom stereocenters. The summed E-state index contributed by atoms with van der Waals surface area (Å²) in [6.07, 6.45) is 6.38. The highest BCUT2D eigenvalue weighted by molar-refractivity contribution is 6.07. The predicted molar refractivity (Wildman–Crippen MR) is 88.5 cm³/mol. The molecule has 2 aliphatic carbocycles. The van der Waals surface area contributed by atoms with Gasteiger partial charge in [-0.1, -0.05) is 30.3 Å². The van der Waals surface area contributed by atoms with Crippen molar-refractivity contribution in [1.29, 1.82) is 0 Å². The van der Waals surface area contributed by atoms with Gasteiger partial charge >= 0.3 is 0 Å². The Kier molecular flexibility index (Phi) is 3.97. The van der Waals surface area contributed by atoms with Crippen molar-refractivity contribution in [1.82, 2.24) is 0 Å². The summed E-state index contributed by atoms with van der Waals surface area (Å²) in [4.78, 5) is 12.8. The smallest absolute Gasteiger partial charge is 0.202 e. The molecule has 0 saturated heterocycles. The van der Waals surface area contributed by atoms with Crippen LogP contribution in [-0.4, -0.2) is 37.9 Å². The van der Waals surface area contributed by atoms with E-state index in [2.05, 4.69) is 0 Å². The minimum atomic E-state index is -2.06. The summed E-state index contributed by atoms with van der Waals surface area (Å²) in [5.41, 5.74) is -1.63.